The number of nitrogens with one attached hydrogen (secondary N) is 1. The van der Waals surface area contributed by atoms with E-state index in [-0.39, 0.29) is 11.8 Å². The molecule has 1 aromatic carbocycles. The molecule has 0 radical (unpaired) electrons. The Labute approximate surface area is 109 Å². The molecule has 18 heavy (non-hydrogen) atoms. The Morgan fingerprint density at radius 1 is 1.50 bits per heavy atom. The average molecular weight is 249 g/mol. The highest BCUT2D eigenvalue weighted by Gasteiger charge is 2.44. The summed E-state index contributed by atoms with van der Waals surface area (Å²) < 4.78 is 5.13. The van der Waals surface area contributed by atoms with Gasteiger partial charge in [0, 0.05) is 6.04 Å². The normalized spacial score (nSPS) is 22.6. The smallest absolute Gasteiger partial charge is 0.160 e. The topological polar surface area (TPSA) is 41.5 Å². The average Bonchev–Trinajstić information content (AvgIpc) is 2.94. The van der Waals surface area contributed by atoms with Gasteiger partial charge in [0.15, 0.2) is 11.5 Å². The summed E-state index contributed by atoms with van der Waals surface area (Å²) in [4.78, 5) is 0. The van der Waals surface area contributed by atoms with E-state index in [1.54, 1.807) is 13.2 Å². The van der Waals surface area contributed by atoms with Crippen LogP contribution in [0.5, 0.6) is 11.5 Å². The van der Waals surface area contributed by atoms with Crippen LogP contribution in [-0.2, 0) is 0 Å². The van der Waals surface area contributed by atoms with Crippen LogP contribution in [-0.4, -0.2) is 18.8 Å². The van der Waals surface area contributed by atoms with E-state index in [1.165, 1.54) is 6.42 Å². The lowest BCUT2D eigenvalue weighted by Crippen LogP contribution is -2.22. The van der Waals surface area contributed by atoms with Gasteiger partial charge in [0.1, 0.15) is 0 Å². The van der Waals surface area contributed by atoms with Gasteiger partial charge in [-0.15, -0.1) is 0 Å². The third kappa shape index (κ3) is 2.78. The lowest BCUT2D eigenvalue weighted by Gasteiger charge is -2.16. The molecule has 1 fully saturated rings. The van der Waals surface area contributed by atoms with Crippen LogP contribution in [0.25, 0.3) is 0 Å². The summed E-state index contributed by atoms with van der Waals surface area (Å²) in [5, 5.41) is 13.1. The highest BCUT2D eigenvalue weighted by Crippen LogP contribution is 2.51. The van der Waals surface area contributed by atoms with Crippen LogP contribution in [0, 0.1) is 11.3 Å². The third-order valence-electron chi connectivity index (χ3n) is 4.09. The van der Waals surface area contributed by atoms with Crippen LogP contribution in [0.15, 0.2) is 18.2 Å². The Balaban J connectivity index is 1.94. The molecule has 2 N–H and O–H groups in total. The maximum atomic E-state index is 9.57. The molecule has 1 saturated carbocycles. The third-order valence-corrected chi connectivity index (χ3v) is 4.09. The van der Waals surface area contributed by atoms with E-state index in [0.29, 0.717) is 11.2 Å². The summed E-state index contributed by atoms with van der Waals surface area (Å²) in [5.41, 5.74) is 1.66. The van der Waals surface area contributed by atoms with Gasteiger partial charge in [0.25, 0.3) is 0 Å². The van der Waals surface area contributed by atoms with E-state index in [1.807, 2.05) is 12.1 Å². The van der Waals surface area contributed by atoms with Gasteiger partial charge in [-0.25, -0.2) is 0 Å². The molecule has 0 spiro atoms. The molecule has 0 aromatic heterocycles. The Hall–Kier alpha value is -1.22. The molecule has 1 aliphatic carbocycles. The zero-order valence-electron chi connectivity index (χ0n) is 11.7. The maximum Gasteiger partial charge on any atom is 0.160 e. The Morgan fingerprint density at radius 2 is 2.17 bits per heavy atom. The van der Waals surface area contributed by atoms with Crippen molar-refractivity contribution in [2.45, 2.75) is 33.2 Å². The second kappa shape index (κ2) is 4.81. The van der Waals surface area contributed by atoms with Crippen LogP contribution < -0.4 is 10.1 Å². The van der Waals surface area contributed by atoms with Gasteiger partial charge in [-0.1, -0.05) is 19.9 Å². The van der Waals surface area contributed by atoms with Crippen molar-refractivity contribution < 1.29 is 9.84 Å². The van der Waals surface area contributed by atoms with Gasteiger partial charge < -0.3 is 15.2 Å². The molecule has 2 rings (SSSR count). The largest absolute Gasteiger partial charge is 0.504 e. The summed E-state index contributed by atoms with van der Waals surface area (Å²) >= 11 is 0. The molecule has 100 valence electrons. The fourth-order valence-electron chi connectivity index (χ4n) is 2.33. The van der Waals surface area contributed by atoms with E-state index in [0.717, 1.165) is 18.0 Å². The van der Waals surface area contributed by atoms with Crippen LogP contribution in [0.2, 0.25) is 0 Å². The molecule has 3 nitrogen and oxygen atoms in total. The first kappa shape index (κ1) is 13.2. The summed E-state index contributed by atoms with van der Waals surface area (Å²) in [6.45, 7) is 7.82. The molecular formula is C15H23NO2. The minimum Gasteiger partial charge on any atom is -0.504 e. The molecular weight excluding hydrogens is 226 g/mol. The SMILES string of the molecule is COc1cc(C(C)NCC2CC2(C)C)ccc1O. The molecule has 0 bridgehead atoms. The number of aromatic hydroxyl groups is 1. The lowest BCUT2D eigenvalue weighted by molar-refractivity contribution is 0.372. The molecule has 0 saturated heterocycles. The van der Waals surface area contributed by atoms with Crippen molar-refractivity contribution in [1.29, 1.82) is 0 Å². The molecule has 0 heterocycles. The standard InChI is InChI=1S/C15H23NO2/c1-10(16-9-12-8-15(12,2)3)11-5-6-13(17)14(7-11)18-4/h5-7,10,12,16-17H,8-9H2,1-4H3. The Kier molecular flexibility index (Phi) is 3.53. The van der Waals surface area contributed by atoms with Crippen molar-refractivity contribution in [1.82, 2.24) is 5.32 Å². The van der Waals surface area contributed by atoms with Crippen LogP contribution in [0.4, 0.5) is 0 Å². The second-order valence-corrected chi connectivity index (χ2v) is 5.95. The van der Waals surface area contributed by atoms with Gasteiger partial charge in [0.2, 0.25) is 0 Å². The van der Waals surface area contributed by atoms with Gasteiger partial charge >= 0.3 is 0 Å². The first-order chi connectivity index (χ1) is 8.44. The van der Waals surface area contributed by atoms with Crippen molar-refractivity contribution in [2.75, 3.05) is 13.7 Å². The minimum atomic E-state index is 0.191. The van der Waals surface area contributed by atoms with Gasteiger partial charge in [0.05, 0.1) is 7.11 Å². The number of rotatable bonds is 5. The second-order valence-electron chi connectivity index (χ2n) is 5.95. The van der Waals surface area contributed by atoms with Crippen LogP contribution in [0.1, 0.15) is 38.8 Å². The number of hydrogen-bond donors (Lipinski definition) is 2. The van der Waals surface area contributed by atoms with E-state index in [2.05, 4.69) is 26.1 Å². The van der Waals surface area contributed by atoms with Gasteiger partial charge in [-0.3, -0.25) is 0 Å². The Bertz CT molecular complexity index is 429. The monoisotopic (exact) mass is 249 g/mol. The molecule has 2 unspecified atom stereocenters. The summed E-state index contributed by atoms with van der Waals surface area (Å²) in [6, 6.07) is 5.79. The Morgan fingerprint density at radius 3 is 2.72 bits per heavy atom. The number of benzene rings is 1. The maximum absolute atomic E-state index is 9.57. The van der Waals surface area contributed by atoms with Crippen molar-refractivity contribution in [3.05, 3.63) is 23.8 Å². The fourth-order valence-corrected chi connectivity index (χ4v) is 2.33. The summed E-state index contributed by atoms with van der Waals surface area (Å²) in [5.74, 6) is 1.52. The molecule has 0 aliphatic heterocycles. The van der Waals surface area contributed by atoms with Crippen LogP contribution in [0.3, 0.4) is 0 Å². The van der Waals surface area contributed by atoms with Crippen molar-refractivity contribution >= 4 is 0 Å². The number of phenols is 1. The van der Waals surface area contributed by atoms with Gasteiger partial charge in [-0.2, -0.15) is 0 Å². The zero-order valence-corrected chi connectivity index (χ0v) is 11.7. The molecule has 2 atom stereocenters. The molecule has 1 aliphatic rings. The molecule has 1 aromatic rings. The van der Waals surface area contributed by atoms with Crippen molar-refractivity contribution in [2.24, 2.45) is 11.3 Å². The fraction of sp³-hybridized carbons (Fsp3) is 0.600. The van der Waals surface area contributed by atoms with Crippen molar-refractivity contribution in [3.8, 4) is 11.5 Å². The zero-order chi connectivity index (χ0) is 13.3. The predicted molar refractivity (Wildman–Crippen MR) is 73.0 cm³/mol. The lowest BCUT2D eigenvalue weighted by atomic mass is 10.1. The summed E-state index contributed by atoms with van der Waals surface area (Å²) in [6.07, 6.45) is 1.31. The first-order valence-electron chi connectivity index (χ1n) is 6.54. The molecule has 0 amide bonds. The number of ether oxygens (including phenoxy) is 1. The van der Waals surface area contributed by atoms with Crippen molar-refractivity contribution in [3.63, 3.8) is 0 Å². The van der Waals surface area contributed by atoms with E-state index in [4.69, 9.17) is 4.74 Å². The predicted octanol–water partition coefficient (Wildman–Crippen LogP) is 3.10. The molecule has 3 heteroatoms. The van der Waals surface area contributed by atoms with E-state index < -0.39 is 0 Å². The van der Waals surface area contributed by atoms with Crippen LogP contribution >= 0.6 is 0 Å². The minimum absolute atomic E-state index is 0.191. The quantitative estimate of drug-likeness (QED) is 0.842. The highest BCUT2D eigenvalue weighted by atomic mass is 16.5. The highest BCUT2D eigenvalue weighted by molar-refractivity contribution is 5.42. The number of phenolic OH excluding ortho intramolecular Hbond substituents is 1. The number of methoxy groups -OCH3 is 1. The number of hydrogen-bond acceptors (Lipinski definition) is 3. The van der Waals surface area contributed by atoms with E-state index in [9.17, 15) is 5.11 Å². The van der Waals surface area contributed by atoms with Gasteiger partial charge in [-0.05, 0) is 48.9 Å². The van der Waals surface area contributed by atoms with E-state index >= 15 is 0 Å². The first-order valence-corrected chi connectivity index (χ1v) is 6.54. The summed E-state index contributed by atoms with van der Waals surface area (Å²) in [7, 11) is 1.57.